The average Bonchev–Trinajstić information content (AvgIpc) is 2.80. The summed E-state index contributed by atoms with van der Waals surface area (Å²) in [5.74, 6) is -0.184. The van der Waals surface area contributed by atoms with Gasteiger partial charge in [-0.1, -0.05) is 6.92 Å². The summed E-state index contributed by atoms with van der Waals surface area (Å²) in [7, 11) is -3.71. The second-order valence-electron chi connectivity index (χ2n) is 5.28. The molecule has 9 heteroatoms. The molecule has 1 saturated heterocycles. The number of hydrogen-bond donors (Lipinski definition) is 0. The van der Waals surface area contributed by atoms with Crippen LogP contribution in [0.5, 0.6) is 0 Å². The molecule has 1 aromatic rings. The van der Waals surface area contributed by atoms with Crippen molar-refractivity contribution >= 4 is 10.0 Å². The molecule has 0 saturated carbocycles. The monoisotopic (exact) mass is 326 g/mol. The molecular formula is C12H17F3N2O3S. The second kappa shape index (κ2) is 5.98. The molecule has 0 aliphatic carbocycles. The molecule has 0 aromatic carbocycles. The first-order chi connectivity index (χ1) is 9.68. The summed E-state index contributed by atoms with van der Waals surface area (Å²) >= 11 is 0. The van der Waals surface area contributed by atoms with Crippen LogP contribution in [-0.2, 0) is 10.0 Å². The van der Waals surface area contributed by atoms with Gasteiger partial charge in [0.1, 0.15) is 11.2 Å². The van der Waals surface area contributed by atoms with Crippen LogP contribution in [0.4, 0.5) is 13.2 Å². The van der Waals surface area contributed by atoms with Crippen LogP contribution in [-0.4, -0.2) is 56.5 Å². The summed E-state index contributed by atoms with van der Waals surface area (Å²) in [6.45, 7) is 1.23. The minimum atomic E-state index is -4.28. The Hall–Kier alpha value is -1.06. The molecule has 1 unspecified atom stereocenters. The molecule has 0 amide bonds. The van der Waals surface area contributed by atoms with Crippen molar-refractivity contribution in [3.63, 3.8) is 0 Å². The van der Waals surface area contributed by atoms with Crippen LogP contribution < -0.4 is 0 Å². The van der Waals surface area contributed by atoms with Crippen LogP contribution in [0.1, 0.15) is 6.92 Å². The largest absolute Gasteiger partial charge is 0.471 e. The van der Waals surface area contributed by atoms with Crippen LogP contribution in [0.3, 0.4) is 0 Å². The number of sulfonamides is 1. The number of rotatable bonds is 3. The third-order valence-electron chi connectivity index (χ3n) is 3.29. The van der Waals surface area contributed by atoms with E-state index in [4.69, 9.17) is 4.42 Å². The van der Waals surface area contributed by atoms with Gasteiger partial charge < -0.3 is 4.42 Å². The molecule has 21 heavy (non-hydrogen) atoms. The molecule has 0 bridgehead atoms. The van der Waals surface area contributed by atoms with E-state index < -0.39 is 22.7 Å². The van der Waals surface area contributed by atoms with Gasteiger partial charge in [0.15, 0.2) is 0 Å². The van der Waals surface area contributed by atoms with Gasteiger partial charge in [0, 0.05) is 26.2 Å². The first-order valence-corrected chi connectivity index (χ1v) is 7.94. The first kappa shape index (κ1) is 16.3. The molecule has 1 aliphatic heterocycles. The fourth-order valence-electron chi connectivity index (χ4n) is 2.44. The Balaban J connectivity index is 2.11. The maximum atomic E-state index is 12.5. The van der Waals surface area contributed by atoms with E-state index in [9.17, 15) is 21.6 Å². The highest BCUT2D eigenvalue weighted by Crippen LogP contribution is 2.22. The highest BCUT2D eigenvalue weighted by atomic mass is 32.2. The quantitative estimate of drug-likeness (QED) is 0.850. The smallest absolute Gasteiger partial charge is 0.401 e. The first-order valence-electron chi connectivity index (χ1n) is 6.50. The average molecular weight is 326 g/mol. The summed E-state index contributed by atoms with van der Waals surface area (Å²) in [6.07, 6.45) is -1.90. The predicted molar refractivity (Wildman–Crippen MR) is 69.1 cm³/mol. The van der Waals surface area contributed by atoms with Gasteiger partial charge in [0.2, 0.25) is 10.0 Å². The Bertz CT molecular complexity index is 557. The number of halogens is 3. The van der Waals surface area contributed by atoms with Crippen LogP contribution in [0.2, 0.25) is 0 Å². The van der Waals surface area contributed by atoms with Gasteiger partial charge in [-0.15, -0.1) is 0 Å². The third kappa shape index (κ3) is 4.21. The SMILES string of the molecule is CC1CN(CC(F)(F)F)CCN(S(=O)(=O)c2ccoc2)C1. The second-order valence-corrected chi connectivity index (χ2v) is 7.22. The predicted octanol–water partition coefficient (Wildman–Crippen LogP) is 1.78. The van der Waals surface area contributed by atoms with Gasteiger partial charge in [-0.25, -0.2) is 8.42 Å². The molecule has 2 rings (SSSR count). The summed E-state index contributed by atoms with van der Waals surface area (Å²) in [4.78, 5) is 1.27. The van der Waals surface area contributed by atoms with E-state index in [2.05, 4.69) is 0 Å². The van der Waals surface area contributed by atoms with E-state index in [1.165, 1.54) is 21.5 Å². The number of alkyl halides is 3. The van der Waals surface area contributed by atoms with E-state index in [1.807, 2.05) is 0 Å². The summed E-state index contributed by atoms with van der Waals surface area (Å²) < 4.78 is 68.1. The molecule has 1 atom stereocenters. The van der Waals surface area contributed by atoms with E-state index in [-0.39, 0.29) is 37.0 Å². The van der Waals surface area contributed by atoms with Crippen molar-refractivity contribution in [2.45, 2.75) is 18.0 Å². The summed E-state index contributed by atoms with van der Waals surface area (Å²) in [6, 6.07) is 1.33. The van der Waals surface area contributed by atoms with E-state index in [0.29, 0.717) is 0 Å². The maximum absolute atomic E-state index is 12.5. The van der Waals surface area contributed by atoms with Gasteiger partial charge >= 0.3 is 6.18 Å². The normalized spacial score (nSPS) is 23.1. The van der Waals surface area contributed by atoms with Crippen LogP contribution in [0, 0.1) is 5.92 Å². The standard InChI is InChI=1S/C12H17F3N2O3S/c1-10-6-16(9-12(13,14)15)3-4-17(7-10)21(18,19)11-2-5-20-8-11/h2,5,8,10H,3-4,6-7,9H2,1H3. The van der Waals surface area contributed by atoms with Gasteiger partial charge in [-0.05, 0) is 12.0 Å². The minimum absolute atomic E-state index is 0.0268. The highest BCUT2D eigenvalue weighted by molar-refractivity contribution is 7.89. The van der Waals surface area contributed by atoms with Crippen LogP contribution >= 0.6 is 0 Å². The molecule has 120 valence electrons. The summed E-state index contributed by atoms with van der Waals surface area (Å²) in [5.41, 5.74) is 0. The molecule has 0 spiro atoms. The molecule has 1 aliphatic rings. The Kier molecular flexibility index (Phi) is 4.64. The van der Waals surface area contributed by atoms with Crippen molar-refractivity contribution in [1.29, 1.82) is 0 Å². The molecule has 0 N–H and O–H groups in total. The fraction of sp³-hybridized carbons (Fsp3) is 0.667. The summed E-state index contributed by atoms with van der Waals surface area (Å²) in [5, 5.41) is 0. The zero-order valence-electron chi connectivity index (χ0n) is 11.5. The van der Waals surface area contributed by atoms with Crippen molar-refractivity contribution in [2.24, 2.45) is 5.92 Å². The van der Waals surface area contributed by atoms with Gasteiger partial charge in [0.05, 0.1) is 12.8 Å². The van der Waals surface area contributed by atoms with Crippen LogP contribution in [0.15, 0.2) is 27.9 Å². The molecule has 1 aromatic heterocycles. The lowest BCUT2D eigenvalue weighted by Gasteiger charge is -2.22. The highest BCUT2D eigenvalue weighted by Gasteiger charge is 2.35. The van der Waals surface area contributed by atoms with Crippen molar-refractivity contribution in [3.8, 4) is 0 Å². The fourth-order valence-corrected chi connectivity index (χ4v) is 3.92. The van der Waals surface area contributed by atoms with E-state index in [0.717, 1.165) is 6.26 Å². The van der Waals surface area contributed by atoms with Crippen molar-refractivity contribution < 1.29 is 26.0 Å². The lowest BCUT2D eigenvalue weighted by Crippen LogP contribution is -2.38. The Morgan fingerprint density at radius 1 is 1.33 bits per heavy atom. The van der Waals surface area contributed by atoms with E-state index >= 15 is 0 Å². The zero-order chi connectivity index (χ0) is 15.7. The van der Waals surface area contributed by atoms with Crippen molar-refractivity contribution in [3.05, 3.63) is 18.6 Å². The minimum Gasteiger partial charge on any atom is -0.471 e. The molecule has 5 nitrogen and oxygen atoms in total. The Morgan fingerprint density at radius 2 is 2.05 bits per heavy atom. The lowest BCUT2D eigenvalue weighted by atomic mass is 10.2. The number of nitrogens with zero attached hydrogens (tertiary/aromatic N) is 2. The zero-order valence-corrected chi connectivity index (χ0v) is 12.3. The van der Waals surface area contributed by atoms with Crippen molar-refractivity contribution in [1.82, 2.24) is 9.21 Å². The Labute approximate surface area is 121 Å². The van der Waals surface area contributed by atoms with E-state index in [1.54, 1.807) is 6.92 Å². The van der Waals surface area contributed by atoms with Crippen molar-refractivity contribution in [2.75, 3.05) is 32.7 Å². The maximum Gasteiger partial charge on any atom is 0.401 e. The van der Waals surface area contributed by atoms with Crippen LogP contribution in [0.25, 0.3) is 0 Å². The number of furan rings is 1. The number of hydrogen-bond acceptors (Lipinski definition) is 4. The van der Waals surface area contributed by atoms with Gasteiger partial charge in [-0.3, -0.25) is 4.90 Å². The third-order valence-corrected chi connectivity index (χ3v) is 5.13. The lowest BCUT2D eigenvalue weighted by molar-refractivity contribution is -0.146. The molecule has 0 radical (unpaired) electrons. The molecular weight excluding hydrogens is 309 g/mol. The molecule has 2 heterocycles. The Morgan fingerprint density at radius 3 is 2.62 bits per heavy atom. The van der Waals surface area contributed by atoms with Gasteiger partial charge in [0.25, 0.3) is 0 Å². The van der Waals surface area contributed by atoms with Gasteiger partial charge in [-0.2, -0.15) is 17.5 Å². The molecule has 1 fully saturated rings. The topological polar surface area (TPSA) is 53.8 Å².